The van der Waals surface area contributed by atoms with Crippen LogP contribution in [0.1, 0.15) is 0 Å². The van der Waals surface area contributed by atoms with E-state index in [1.54, 1.807) is 40.4 Å². The summed E-state index contributed by atoms with van der Waals surface area (Å²) in [6.45, 7) is 2.14. The molecule has 3 aliphatic heterocycles. The van der Waals surface area contributed by atoms with Gasteiger partial charge in [0.15, 0.2) is 5.17 Å². The molecule has 0 saturated carbocycles. The zero-order valence-corrected chi connectivity index (χ0v) is 18.9. The van der Waals surface area contributed by atoms with E-state index in [4.69, 9.17) is 0 Å². The zero-order valence-electron chi connectivity index (χ0n) is 18.1. The van der Waals surface area contributed by atoms with Crippen molar-refractivity contribution in [1.29, 1.82) is 0 Å². The molecule has 2 aromatic rings. The Labute approximate surface area is 199 Å². The number of nitrogens with zero attached hydrogens (tertiary/aromatic N) is 5. The first kappa shape index (κ1) is 22.2. The Kier molecular flexibility index (Phi) is 6.10. The van der Waals surface area contributed by atoms with Crippen molar-refractivity contribution >= 4 is 40.1 Å². The van der Waals surface area contributed by atoms with E-state index in [-0.39, 0.29) is 29.2 Å². The predicted octanol–water partition coefficient (Wildman–Crippen LogP) is 2.37. The molecule has 176 valence electrons. The molecule has 1 unspecified atom stereocenters. The molecule has 2 aromatic carbocycles. The molecule has 0 spiro atoms. The van der Waals surface area contributed by atoms with Crippen molar-refractivity contribution in [2.75, 3.05) is 41.7 Å². The van der Waals surface area contributed by atoms with Crippen LogP contribution in [0, 0.1) is 11.6 Å². The molecule has 1 fully saturated rings. The molecular weight excluding hydrogens is 462 g/mol. The van der Waals surface area contributed by atoms with Crippen molar-refractivity contribution < 1.29 is 18.4 Å². The number of benzene rings is 2. The molecule has 0 bridgehead atoms. The number of hydrogen-bond donors (Lipinski definition) is 1. The molecule has 1 saturated heterocycles. The lowest BCUT2D eigenvalue weighted by Crippen LogP contribution is -2.52. The number of piperazine rings is 1. The van der Waals surface area contributed by atoms with Gasteiger partial charge in [0.1, 0.15) is 11.6 Å². The number of halogens is 2. The van der Waals surface area contributed by atoms with Gasteiger partial charge in [-0.1, -0.05) is 23.9 Å². The van der Waals surface area contributed by atoms with Crippen LogP contribution in [0.3, 0.4) is 0 Å². The Morgan fingerprint density at radius 3 is 2.50 bits per heavy atom. The summed E-state index contributed by atoms with van der Waals surface area (Å²) in [5.74, 6) is -0.763. The minimum absolute atomic E-state index is 0.0374. The summed E-state index contributed by atoms with van der Waals surface area (Å²) in [6.07, 6.45) is 2.58. The second-order valence-electron chi connectivity index (χ2n) is 7.92. The van der Waals surface area contributed by atoms with E-state index >= 15 is 0 Å². The van der Waals surface area contributed by atoms with Crippen LogP contribution in [0.2, 0.25) is 0 Å². The highest BCUT2D eigenvalue weighted by molar-refractivity contribution is 8.14. The van der Waals surface area contributed by atoms with Crippen LogP contribution in [0.4, 0.5) is 20.2 Å². The van der Waals surface area contributed by atoms with Crippen LogP contribution in [-0.2, 0) is 9.59 Å². The van der Waals surface area contributed by atoms with Gasteiger partial charge in [-0.15, -0.1) is 0 Å². The fourth-order valence-corrected chi connectivity index (χ4v) is 4.93. The molecule has 34 heavy (non-hydrogen) atoms. The maximum atomic E-state index is 14.0. The minimum Gasteiger partial charge on any atom is -0.366 e. The second-order valence-corrected chi connectivity index (χ2v) is 8.87. The molecular formula is C23H22F2N6O2S. The Morgan fingerprint density at radius 1 is 1.03 bits per heavy atom. The maximum absolute atomic E-state index is 14.0. The lowest BCUT2D eigenvalue weighted by Gasteiger charge is -2.36. The first-order chi connectivity index (χ1) is 16.5. The number of anilines is 2. The predicted molar refractivity (Wildman–Crippen MR) is 127 cm³/mol. The van der Waals surface area contributed by atoms with Gasteiger partial charge in [-0.3, -0.25) is 24.8 Å². The minimum atomic E-state index is -0.725. The van der Waals surface area contributed by atoms with Crippen molar-refractivity contribution in [3.05, 3.63) is 72.6 Å². The Bertz CT molecular complexity index is 1150. The summed E-state index contributed by atoms with van der Waals surface area (Å²) >= 11 is 1.25. The van der Waals surface area contributed by atoms with Gasteiger partial charge in [-0.25, -0.2) is 8.78 Å². The van der Waals surface area contributed by atoms with Gasteiger partial charge in [-0.2, -0.15) is 5.10 Å². The molecule has 5 rings (SSSR count). The molecule has 11 heteroatoms. The number of hydrazone groups is 1. The number of thioether (sulfide) groups is 1. The zero-order chi connectivity index (χ0) is 23.7. The van der Waals surface area contributed by atoms with Gasteiger partial charge >= 0.3 is 0 Å². The first-order valence-corrected chi connectivity index (χ1v) is 11.8. The fourth-order valence-electron chi connectivity index (χ4n) is 4.06. The van der Waals surface area contributed by atoms with Crippen LogP contribution in [0.15, 0.2) is 66.0 Å². The fraction of sp³-hybridized carbons (Fsp3) is 0.261. The smallest absolute Gasteiger partial charge is 0.276 e. The maximum Gasteiger partial charge on any atom is 0.276 e. The van der Waals surface area contributed by atoms with E-state index < -0.39 is 6.17 Å². The third-order valence-corrected chi connectivity index (χ3v) is 6.84. The van der Waals surface area contributed by atoms with Crippen LogP contribution in [0.25, 0.3) is 0 Å². The number of carbonyl (C=O) groups is 2. The third-order valence-electron chi connectivity index (χ3n) is 5.88. The molecule has 3 heterocycles. The molecule has 2 amide bonds. The number of amides is 2. The van der Waals surface area contributed by atoms with Gasteiger partial charge in [0.05, 0.1) is 11.4 Å². The number of carbonyl (C=O) groups excluding carboxylic acids is 2. The monoisotopic (exact) mass is 484 g/mol. The van der Waals surface area contributed by atoms with Crippen molar-refractivity contribution in [1.82, 2.24) is 15.2 Å². The van der Waals surface area contributed by atoms with Crippen LogP contribution in [0.5, 0.6) is 0 Å². The standard InChI is InChI=1S/C23H22F2N6O2S/c24-16-5-7-17(8-6-16)30-13-14-31-21(22(30)33)26-27-23(31)34-15-20(32)29-11-9-28(10-12-29)19-4-2-1-3-18(19)25/h1-8,13-14,21,26H,9-12,15H2. The molecule has 0 aromatic heterocycles. The summed E-state index contributed by atoms with van der Waals surface area (Å²) in [6, 6.07) is 12.3. The molecule has 8 nitrogen and oxygen atoms in total. The highest BCUT2D eigenvalue weighted by atomic mass is 32.2. The lowest BCUT2D eigenvalue weighted by molar-refractivity contribution is -0.128. The Hall–Kier alpha value is -3.60. The van der Waals surface area contributed by atoms with Gasteiger partial charge in [0, 0.05) is 44.3 Å². The highest BCUT2D eigenvalue weighted by Crippen LogP contribution is 2.26. The molecule has 0 aliphatic carbocycles. The van der Waals surface area contributed by atoms with Crippen molar-refractivity contribution in [2.45, 2.75) is 6.17 Å². The largest absolute Gasteiger partial charge is 0.366 e. The molecule has 3 aliphatic rings. The number of fused-ring (bicyclic) bond motifs is 1. The van der Waals surface area contributed by atoms with E-state index in [1.807, 2.05) is 4.90 Å². The SMILES string of the molecule is O=C(CSC1=NNC2C(=O)N(c3ccc(F)cc3)C=CN12)N1CCN(c2ccccc2F)CC1. The van der Waals surface area contributed by atoms with Crippen molar-refractivity contribution in [2.24, 2.45) is 5.10 Å². The van der Waals surface area contributed by atoms with E-state index in [2.05, 4.69) is 10.5 Å². The van der Waals surface area contributed by atoms with Gasteiger partial charge in [0.2, 0.25) is 12.1 Å². The lowest BCUT2D eigenvalue weighted by atomic mass is 10.2. The average Bonchev–Trinajstić information content (AvgIpc) is 3.28. The normalized spacial score (nSPS) is 19.8. The molecule has 0 radical (unpaired) electrons. The second kappa shape index (κ2) is 9.34. The van der Waals surface area contributed by atoms with E-state index in [0.29, 0.717) is 42.7 Å². The number of hydrogen-bond acceptors (Lipinski definition) is 7. The summed E-state index contributed by atoms with van der Waals surface area (Å²) in [5.41, 5.74) is 3.92. The number of amidine groups is 1. The number of nitrogens with one attached hydrogen (secondary N) is 1. The molecule has 1 N–H and O–H groups in total. The summed E-state index contributed by atoms with van der Waals surface area (Å²) < 4.78 is 27.2. The Balaban J connectivity index is 1.15. The van der Waals surface area contributed by atoms with Crippen molar-refractivity contribution in [3.63, 3.8) is 0 Å². The summed E-state index contributed by atoms with van der Waals surface area (Å²) in [5, 5.41) is 4.75. The number of rotatable bonds is 4. The molecule has 1 atom stereocenters. The van der Waals surface area contributed by atoms with Crippen LogP contribution in [-0.4, -0.2) is 64.9 Å². The van der Waals surface area contributed by atoms with Gasteiger partial charge in [0.25, 0.3) is 5.91 Å². The average molecular weight is 485 g/mol. The third kappa shape index (κ3) is 4.30. The van der Waals surface area contributed by atoms with Crippen LogP contribution >= 0.6 is 11.8 Å². The quantitative estimate of drug-likeness (QED) is 0.719. The van der Waals surface area contributed by atoms with E-state index in [1.165, 1.54) is 47.0 Å². The summed E-state index contributed by atoms with van der Waals surface area (Å²) in [7, 11) is 0. The Morgan fingerprint density at radius 2 is 1.76 bits per heavy atom. The first-order valence-electron chi connectivity index (χ1n) is 10.8. The number of para-hydroxylation sites is 1. The van der Waals surface area contributed by atoms with Crippen LogP contribution < -0.4 is 15.2 Å². The topological polar surface area (TPSA) is 71.5 Å². The summed E-state index contributed by atoms with van der Waals surface area (Å²) in [4.78, 5) is 32.4. The van der Waals surface area contributed by atoms with E-state index in [9.17, 15) is 18.4 Å². The van der Waals surface area contributed by atoms with Gasteiger partial charge < -0.3 is 9.80 Å². The van der Waals surface area contributed by atoms with E-state index in [0.717, 1.165) is 0 Å². The highest BCUT2D eigenvalue weighted by Gasteiger charge is 2.38. The van der Waals surface area contributed by atoms with Gasteiger partial charge in [-0.05, 0) is 36.4 Å². The van der Waals surface area contributed by atoms with Crippen molar-refractivity contribution in [3.8, 4) is 0 Å².